The lowest BCUT2D eigenvalue weighted by atomic mass is 9.85. The fourth-order valence-corrected chi connectivity index (χ4v) is 6.25. The first kappa shape index (κ1) is 29.9. The number of hydrogen-bond donors (Lipinski definition) is 2. The van der Waals surface area contributed by atoms with Crippen molar-refractivity contribution in [3.8, 4) is 11.1 Å². The van der Waals surface area contributed by atoms with E-state index in [1.54, 1.807) is 37.2 Å². The lowest BCUT2D eigenvalue weighted by Gasteiger charge is -2.36. The minimum absolute atomic E-state index is 0.296. The summed E-state index contributed by atoms with van der Waals surface area (Å²) < 4.78 is 7.42. The lowest BCUT2D eigenvalue weighted by Crippen LogP contribution is -2.50. The molecule has 2 aliphatic rings. The number of imide groups is 1. The van der Waals surface area contributed by atoms with Gasteiger partial charge in [0.15, 0.2) is 0 Å². The summed E-state index contributed by atoms with van der Waals surface area (Å²) in [7, 11) is 1.92. The number of carboxylic acid groups (broad SMARTS) is 1. The zero-order valence-corrected chi connectivity index (χ0v) is 26.3. The van der Waals surface area contributed by atoms with Crippen LogP contribution in [0.15, 0.2) is 55.0 Å². The van der Waals surface area contributed by atoms with Crippen LogP contribution >= 0.6 is 0 Å². The predicted octanol–water partition coefficient (Wildman–Crippen LogP) is 5.80. The maximum absolute atomic E-state index is 13.8. The number of carbonyl (C=O) groups is 3. The number of rotatable bonds is 4. The number of anilines is 3. The van der Waals surface area contributed by atoms with Crippen molar-refractivity contribution in [1.82, 2.24) is 24.3 Å². The van der Waals surface area contributed by atoms with Gasteiger partial charge in [-0.15, -0.1) is 0 Å². The van der Waals surface area contributed by atoms with Crippen molar-refractivity contribution in [2.45, 2.75) is 45.8 Å². The Kier molecular flexibility index (Phi) is 7.18. The molecule has 4 aromatic rings. The lowest BCUT2D eigenvalue weighted by molar-refractivity contribution is 0.0240. The molecular formula is C33H37N7O5. The fourth-order valence-electron chi connectivity index (χ4n) is 6.25. The van der Waals surface area contributed by atoms with E-state index in [0.717, 1.165) is 32.7 Å². The Morgan fingerprint density at radius 3 is 2.36 bits per heavy atom. The number of carbonyl (C=O) groups excluding carboxylic acids is 2. The van der Waals surface area contributed by atoms with E-state index in [4.69, 9.17) is 4.74 Å². The Bertz CT molecular complexity index is 1820. The third-order valence-corrected chi connectivity index (χ3v) is 8.35. The van der Waals surface area contributed by atoms with Gasteiger partial charge in [-0.05, 0) is 76.1 Å². The van der Waals surface area contributed by atoms with E-state index in [1.165, 1.54) is 0 Å². The highest BCUT2D eigenvalue weighted by Crippen LogP contribution is 2.48. The highest BCUT2D eigenvalue weighted by molar-refractivity contribution is 6.13. The predicted molar refractivity (Wildman–Crippen MR) is 171 cm³/mol. The van der Waals surface area contributed by atoms with Crippen LogP contribution in [0.4, 0.5) is 26.8 Å². The van der Waals surface area contributed by atoms with Gasteiger partial charge in [-0.3, -0.25) is 4.79 Å². The molecule has 0 unspecified atom stereocenters. The normalized spacial score (nSPS) is 16.2. The summed E-state index contributed by atoms with van der Waals surface area (Å²) in [5.74, 6) is -0.0838. The van der Waals surface area contributed by atoms with Crippen molar-refractivity contribution in [2.24, 2.45) is 7.05 Å². The topological polar surface area (TPSA) is 133 Å². The summed E-state index contributed by atoms with van der Waals surface area (Å²) in [6.07, 6.45) is 3.77. The van der Waals surface area contributed by atoms with Crippen molar-refractivity contribution in [2.75, 3.05) is 36.4 Å². The SMILES string of the molecule is Cn1ccc2c(-c3ccc(Nc4ccc(N5CCN(C(=O)OC(C)(C)C)CC5)cn4)c4c3C(C)(C)N(C(=O)O)C4=O)ccnc21. The number of fused-ring (bicyclic) bond motifs is 2. The Morgan fingerprint density at radius 2 is 1.71 bits per heavy atom. The number of hydrogen-bond acceptors (Lipinski definition) is 8. The summed E-state index contributed by atoms with van der Waals surface area (Å²) >= 11 is 0. The molecule has 0 bridgehead atoms. The summed E-state index contributed by atoms with van der Waals surface area (Å²) in [4.78, 5) is 52.4. The van der Waals surface area contributed by atoms with E-state index in [0.29, 0.717) is 48.8 Å². The molecule has 2 aliphatic heterocycles. The van der Waals surface area contributed by atoms with Gasteiger partial charge in [0.05, 0.1) is 28.7 Å². The Balaban J connectivity index is 1.29. The second-order valence-electron chi connectivity index (χ2n) is 12.9. The maximum atomic E-state index is 13.8. The van der Waals surface area contributed by atoms with Crippen LogP contribution in [-0.4, -0.2) is 79.3 Å². The largest absolute Gasteiger partial charge is 0.465 e. The second kappa shape index (κ2) is 10.8. The Labute approximate surface area is 261 Å². The minimum Gasteiger partial charge on any atom is -0.465 e. The van der Waals surface area contributed by atoms with Crippen molar-refractivity contribution in [3.63, 3.8) is 0 Å². The molecule has 234 valence electrons. The van der Waals surface area contributed by atoms with Crippen LogP contribution in [-0.2, 0) is 17.3 Å². The van der Waals surface area contributed by atoms with Gasteiger partial charge in [0.1, 0.15) is 17.1 Å². The van der Waals surface area contributed by atoms with E-state index in [-0.39, 0.29) is 6.09 Å². The number of aryl methyl sites for hydroxylation is 1. The number of pyridine rings is 2. The molecule has 1 saturated heterocycles. The van der Waals surface area contributed by atoms with Crippen molar-refractivity contribution in [1.29, 1.82) is 0 Å². The molecule has 1 fully saturated rings. The molecular weight excluding hydrogens is 574 g/mol. The first-order valence-electron chi connectivity index (χ1n) is 14.9. The zero-order valence-electron chi connectivity index (χ0n) is 26.3. The zero-order chi connectivity index (χ0) is 32.3. The molecule has 5 heterocycles. The average Bonchev–Trinajstić information content (AvgIpc) is 3.46. The van der Waals surface area contributed by atoms with Gasteiger partial charge in [-0.25, -0.2) is 24.5 Å². The molecule has 12 nitrogen and oxygen atoms in total. The van der Waals surface area contributed by atoms with Crippen LogP contribution < -0.4 is 10.2 Å². The van der Waals surface area contributed by atoms with Gasteiger partial charge in [0.2, 0.25) is 0 Å². The first-order valence-corrected chi connectivity index (χ1v) is 14.9. The molecule has 45 heavy (non-hydrogen) atoms. The number of aromatic nitrogens is 3. The van der Waals surface area contributed by atoms with Crippen LogP contribution in [0.25, 0.3) is 22.2 Å². The van der Waals surface area contributed by atoms with E-state index in [2.05, 4.69) is 20.2 Å². The van der Waals surface area contributed by atoms with Gasteiger partial charge in [0, 0.05) is 56.6 Å². The fraction of sp³-hybridized carbons (Fsp3) is 0.364. The van der Waals surface area contributed by atoms with Gasteiger partial charge in [-0.2, -0.15) is 0 Å². The number of ether oxygens (including phenoxy) is 1. The highest BCUT2D eigenvalue weighted by Gasteiger charge is 2.49. The monoisotopic (exact) mass is 611 g/mol. The molecule has 6 rings (SSSR count). The smallest absolute Gasteiger partial charge is 0.415 e. The Morgan fingerprint density at radius 1 is 0.978 bits per heavy atom. The summed E-state index contributed by atoms with van der Waals surface area (Å²) in [5, 5.41) is 14.3. The number of nitrogens with zero attached hydrogens (tertiary/aromatic N) is 6. The maximum Gasteiger partial charge on any atom is 0.415 e. The molecule has 0 spiro atoms. The van der Waals surface area contributed by atoms with Crippen molar-refractivity contribution >= 4 is 46.3 Å². The number of piperazine rings is 1. The second-order valence-corrected chi connectivity index (χ2v) is 12.9. The third kappa shape index (κ3) is 5.30. The highest BCUT2D eigenvalue weighted by atomic mass is 16.6. The summed E-state index contributed by atoms with van der Waals surface area (Å²) in [5.41, 5.74) is 3.05. The van der Waals surface area contributed by atoms with E-state index >= 15 is 0 Å². The number of nitrogens with one attached hydrogen (secondary N) is 1. The van der Waals surface area contributed by atoms with E-state index < -0.39 is 23.1 Å². The van der Waals surface area contributed by atoms with Gasteiger partial charge in [-0.1, -0.05) is 6.07 Å². The third-order valence-electron chi connectivity index (χ3n) is 8.35. The molecule has 1 aromatic carbocycles. The van der Waals surface area contributed by atoms with Gasteiger partial charge < -0.3 is 29.5 Å². The first-order chi connectivity index (χ1) is 21.3. The minimum atomic E-state index is -1.31. The molecule has 0 aliphatic carbocycles. The van der Waals surface area contributed by atoms with Crippen LogP contribution in [0.5, 0.6) is 0 Å². The number of benzene rings is 1. The number of amides is 3. The summed E-state index contributed by atoms with van der Waals surface area (Å²) in [6, 6.07) is 11.3. The van der Waals surface area contributed by atoms with Gasteiger partial charge >= 0.3 is 12.2 Å². The van der Waals surface area contributed by atoms with Crippen LogP contribution in [0.1, 0.15) is 50.5 Å². The average molecular weight is 612 g/mol. The molecule has 3 aromatic heterocycles. The molecule has 0 radical (unpaired) electrons. The van der Waals surface area contributed by atoms with E-state index in [9.17, 15) is 19.5 Å². The van der Waals surface area contributed by atoms with Crippen LogP contribution in [0.2, 0.25) is 0 Å². The summed E-state index contributed by atoms with van der Waals surface area (Å²) in [6.45, 7) is 11.4. The molecule has 3 amide bonds. The molecule has 2 N–H and O–H groups in total. The Hall–Kier alpha value is -5.13. The van der Waals surface area contributed by atoms with Crippen molar-refractivity contribution in [3.05, 3.63) is 66.1 Å². The molecule has 0 saturated carbocycles. The van der Waals surface area contributed by atoms with Crippen LogP contribution in [0.3, 0.4) is 0 Å². The quantitative estimate of drug-likeness (QED) is 0.294. The standard InChI is InChI=1S/C33H37N7O5/c1-32(2,3)45-31(44)39-17-15-38(16-18-39)20-7-10-25(35-19-20)36-24-9-8-22(21-11-13-34-28-23(21)12-14-37(28)6)27-26(24)29(41)40(30(42)43)33(27,4)5/h7-14,19H,15-18H2,1-6H3,(H,35,36)(H,42,43). The van der Waals surface area contributed by atoms with Gasteiger partial charge in [0.25, 0.3) is 5.91 Å². The van der Waals surface area contributed by atoms with E-state index in [1.807, 2.05) is 68.9 Å². The van der Waals surface area contributed by atoms with Crippen molar-refractivity contribution < 1.29 is 24.2 Å². The molecule has 0 atom stereocenters. The molecule has 12 heteroatoms. The van der Waals surface area contributed by atoms with Crippen LogP contribution in [0, 0.1) is 0 Å².